The van der Waals surface area contributed by atoms with Gasteiger partial charge in [0, 0.05) is 6.07 Å². The Hall–Kier alpha value is -3.73. The van der Waals surface area contributed by atoms with Gasteiger partial charge in [0.2, 0.25) is 0 Å². The second-order valence-corrected chi connectivity index (χ2v) is 4.93. The molecule has 0 spiro atoms. The van der Waals surface area contributed by atoms with Crippen LogP contribution in [-0.2, 0) is 4.79 Å². The van der Waals surface area contributed by atoms with Crippen molar-refractivity contribution in [3.8, 4) is 11.8 Å². The largest absolute Gasteiger partial charge is 0.484 e. The second kappa shape index (κ2) is 8.21. The van der Waals surface area contributed by atoms with Crippen LogP contribution in [0.3, 0.4) is 0 Å². The van der Waals surface area contributed by atoms with Crippen molar-refractivity contribution in [3.63, 3.8) is 0 Å². The van der Waals surface area contributed by atoms with Crippen LogP contribution >= 0.6 is 0 Å². The van der Waals surface area contributed by atoms with E-state index in [1.165, 1.54) is 6.07 Å². The van der Waals surface area contributed by atoms with Crippen molar-refractivity contribution in [2.45, 2.75) is 6.92 Å². The molecular formula is C17H14N4O4. The Morgan fingerprint density at radius 2 is 1.96 bits per heavy atom. The van der Waals surface area contributed by atoms with Crippen LogP contribution in [0.25, 0.3) is 0 Å². The average molecular weight is 338 g/mol. The fourth-order valence-electron chi connectivity index (χ4n) is 1.95. The molecule has 2 rings (SSSR count). The van der Waals surface area contributed by atoms with Crippen molar-refractivity contribution in [2.24, 2.45) is 5.10 Å². The number of rotatable bonds is 6. The van der Waals surface area contributed by atoms with Crippen LogP contribution < -0.4 is 10.2 Å². The molecule has 0 fully saturated rings. The number of carbonyl (C=O) groups is 1. The third-order valence-corrected chi connectivity index (χ3v) is 3.19. The van der Waals surface area contributed by atoms with Crippen molar-refractivity contribution in [2.75, 3.05) is 6.61 Å². The molecule has 2 aromatic carbocycles. The summed E-state index contributed by atoms with van der Waals surface area (Å²) in [6.07, 6.45) is 0. The normalized spacial score (nSPS) is 10.6. The average Bonchev–Trinajstić information content (AvgIpc) is 2.64. The molecule has 2 aromatic rings. The molecular weight excluding hydrogens is 324 g/mol. The minimum atomic E-state index is -0.512. The first-order valence-corrected chi connectivity index (χ1v) is 7.21. The van der Waals surface area contributed by atoms with Crippen LogP contribution in [0.4, 0.5) is 5.69 Å². The number of carbonyl (C=O) groups excluding carboxylic acids is 1. The van der Waals surface area contributed by atoms with Crippen LogP contribution in [0.2, 0.25) is 0 Å². The molecule has 0 aliphatic heterocycles. The molecule has 0 unspecified atom stereocenters. The first-order valence-electron chi connectivity index (χ1n) is 7.21. The smallest absolute Gasteiger partial charge is 0.278 e. The van der Waals surface area contributed by atoms with Gasteiger partial charge in [0.1, 0.15) is 5.75 Å². The highest BCUT2D eigenvalue weighted by Crippen LogP contribution is 2.18. The van der Waals surface area contributed by atoms with Gasteiger partial charge >= 0.3 is 0 Å². The van der Waals surface area contributed by atoms with Crippen LogP contribution in [0.5, 0.6) is 5.75 Å². The van der Waals surface area contributed by atoms with Crippen molar-refractivity contribution in [3.05, 3.63) is 69.8 Å². The number of hydrogen-bond donors (Lipinski definition) is 1. The highest BCUT2D eigenvalue weighted by Gasteiger charge is 2.14. The number of benzene rings is 2. The Kier molecular flexibility index (Phi) is 5.79. The summed E-state index contributed by atoms with van der Waals surface area (Å²) in [7, 11) is 0. The number of amides is 1. The lowest BCUT2D eigenvalue weighted by Gasteiger charge is -2.06. The number of nitrogens with zero attached hydrogens (tertiary/aromatic N) is 3. The lowest BCUT2D eigenvalue weighted by Crippen LogP contribution is -2.25. The highest BCUT2D eigenvalue weighted by atomic mass is 16.6. The molecule has 0 atom stereocenters. The minimum Gasteiger partial charge on any atom is -0.484 e. The van der Waals surface area contributed by atoms with Crippen molar-refractivity contribution in [1.29, 1.82) is 5.26 Å². The zero-order valence-corrected chi connectivity index (χ0v) is 13.3. The number of para-hydroxylation sites is 1. The van der Waals surface area contributed by atoms with Gasteiger partial charge in [-0.3, -0.25) is 14.9 Å². The van der Waals surface area contributed by atoms with Gasteiger partial charge < -0.3 is 4.74 Å². The van der Waals surface area contributed by atoms with Crippen LogP contribution in [0.1, 0.15) is 18.1 Å². The summed E-state index contributed by atoms with van der Waals surface area (Å²) in [6, 6.07) is 14.4. The van der Waals surface area contributed by atoms with E-state index in [4.69, 9.17) is 10.00 Å². The standard InChI is InChI=1S/C17H14N4O4/c1-12(15-4-2-3-5-16(15)21(23)24)19-20-17(22)11-25-14-8-6-13(10-18)7-9-14/h2-9H,11H2,1H3,(H,20,22)/b19-12-. The Morgan fingerprint density at radius 1 is 1.28 bits per heavy atom. The molecule has 0 saturated carbocycles. The van der Waals surface area contributed by atoms with Crippen LogP contribution in [0, 0.1) is 21.4 Å². The fraction of sp³-hybridized carbons (Fsp3) is 0.118. The van der Waals surface area contributed by atoms with E-state index < -0.39 is 10.8 Å². The maximum absolute atomic E-state index is 11.8. The summed E-state index contributed by atoms with van der Waals surface area (Å²) in [6.45, 7) is 1.28. The number of ether oxygens (including phenoxy) is 1. The van der Waals surface area contributed by atoms with E-state index in [0.29, 0.717) is 22.6 Å². The fourth-order valence-corrected chi connectivity index (χ4v) is 1.95. The summed E-state index contributed by atoms with van der Waals surface area (Å²) in [5.41, 5.74) is 3.31. The molecule has 0 aliphatic carbocycles. The van der Waals surface area contributed by atoms with Gasteiger partial charge in [-0.25, -0.2) is 5.43 Å². The van der Waals surface area contributed by atoms with E-state index in [2.05, 4.69) is 10.5 Å². The summed E-state index contributed by atoms with van der Waals surface area (Å²) in [5.74, 6) is -0.0733. The number of hydrazone groups is 1. The third-order valence-electron chi connectivity index (χ3n) is 3.19. The van der Waals surface area contributed by atoms with E-state index in [0.717, 1.165) is 0 Å². The SMILES string of the molecule is C/C(=N/NC(=O)COc1ccc(C#N)cc1)c1ccccc1[N+](=O)[O-]. The minimum absolute atomic E-state index is 0.0909. The molecule has 0 radical (unpaired) electrons. The van der Waals surface area contributed by atoms with Crippen molar-refractivity contribution >= 4 is 17.3 Å². The number of hydrogen-bond acceptors (Lipinski definition) is 6. The number of nitro benzene ring substituents is 1. The molecule has 1 N–H and O–H groups in total. The molecule has 126 valence electrons. The molecule has 1 amide bonds. The van der Waals surface area contributed by atoms with Gasteiger partial charge in [0.25, 0.3) is 11.6 Å². The Bertz CT molecular complexity index is 854. The van der Waals surface area contributed by atoms with Gasteiger partial charge in [-0.1, -0.05) is 12.1 Å². The number of nitrogens with one attached hydrogen (secondary N) is 1. The summed E-state index contributed by atoms with van der Waals surface area (Å²) >= 11 is 0. The first-order chi connectivity index (χ1) is 12.0. The molecule has 0 aliphatic rings. The topological polar surface area (TPSA) is 118 Å². The maximum Gasteiger partial charge on any atom is 0.278 e. The summed E-state index contributed by atoms with van der Waals surface area (Å²) in [4.78, 5) is 22.2. The molecule has 8 nitrogen and oxygen atoms in total. The van der Waals surface area contributed by atoms with Gasteiger partial charge in [0.15, 0.2) is 6.61 Å². The summed E-state index contributed by atoms with van der Waals surface area (Å²) < 4.78 is 5.27. The number of nitriles is 1. The predicted molar refractivity (Wildman–Crippen MR) is 90.1 cm³/mol. The first kappa shape index (κ1) is 17.6. The van der Waals surface area contributed by atoms with E-state index in [9.17, 15) is 14.9 Å². The van der Waals surface area contributed by atoms with E-state index in [1.54, 1.807) is 49.4 Å². The zero-order chi connectivity index (χ0) is 18.2. The van der Waals surface area contributed by atoms with E-state index in [-0.39, 0.29) is 12.3 Å². The molecule has 0 heterocycles. The lowest BCUT2D eigenvalue weighted by molar-refractivity contribution is -0.385. The monoisotopic (exact) mass is 338 g/mol. The molecule has 0 saturated heterocycles. The highest BCUT2D eigenvalue weighted by molar-refractivity contribution is 6.02. The van der Waals surface area contributed by atoms with Gasteiger partial charge in [-0.05, 0) is 37.3 Å². The van der Waals surface area contributed by atoms with E-state index >= 15 is 0 Å². The van der Waals surface area contributed by atoms with Crippen LogP contribution in [-0.4, -0.2) is 23.1 Å². The van der Waals surface area contributed by atoms with Gasteiger partial charge in [-0.15, -0.1) is 0 Å². The third kappa shape index (κ3) is 4.87. The number of nitro groups is 1. The van der Waals surface area contributed by atoms with Gasteiger partial charge in [0.05, 0.1) is 27.8 Å². The quantitative estimate of drug-likeness (QED) is 0.493. The Balaban J connectivity index is 1.95. The van der Waals surface area contributed by atoms with Crippen molar-refractivity contribution < 1.29 is 14.5 Å². The lowest BCUT2D eigenvalue weighted by atomic mass is 10.1. The molecule has 0 bridgehead atoms. The van der Waals surface area contributed by atoms with Crippen molar-refractivity contribution in [1.82, 2.24) is 5.43 Å². The predicted octanol–water partition coefficient (Wildman–Crippen LogP) is 2.39. The molecule has 8 heteroatoms. The Morgan fingerprint density at radius 3 is 2.60 bits per heavy atom. The molecule has 25 heavy (non-hydrogen) atoms. The van der Waals surface area contributed by atoms with Gasteiger partial charge in [-0.2, -0.15) is 10.4 Å². The van der Waals surface area contributed by atoms with E-state index in [1.807, 2.05) is 6.07 Å². The molecule has 0 aromatic heterocycles. The Labute approximate surface area is 143 Å². The zero-order valence-electron chi connectivity index (χ0n) is 13.3. The van der Waals surface area contributed by atoms with Crippen LogP contribution in [0.15, 0.2) is 53.6 Å². The summed E-state index contributed by atoms with van der Waals surface area (Å²) in [5, 5.41) is 23.6. The maximum atomic E-state index is 11.8. The second-order valence-electron chi connectivity index (χ2n) is 4.93.